The molecule has 0 bridgehead atoms. The lowest BCUT2D eigenvalue weighted by atomic mass is 10.2. The van der Waals surface area contributed by atoms with E-state index in [0.717, 1.165) is 16.9 Å². The van der Waals surface area contributed by atoms with E-state index in [1.54, 1.807) is 23.9 Å². The molecule has 4 rings (SSSR count). The molecule has 0 spiro atoms. The molecule has 1 aliphatic heterocycles. The van der Waals surface area contributed by atoms with Gasteiger partial charge in [-0.1, -0.05) is 29.8 Å². The maximum atomic E-state index is 14.3. The Balaban J connectivity index is 1.99. The number of para-hydroxylation sites is 2. The lowest BCUT2D eigenvalue weighted by Crippen LogP contribution is -2.06. The van der Waals surface area contributed by atoms with Crippen molar-refractivity contribution in [2.75, 3.05) is 0 Å². The Morgan fingerprint density at radius 1 is 1.19 bits per heavy atom. The van der Waals surface area contributed by atoms with Crippen molar-refractivity contribution >= 4 is 34.4 Å². The average Bonchev–Trinajstić information content (AvgIpc) is 2.98. The van der Waals surface area contributed by atoms with Crippen molar-refractivity contribution in [3.63, 3.8) is 0 Å². The summed E-state index contributed by atoms with van der Waals surface area (Å²) < 4.78 is 16.4. The largest absolute Gasteiger partial charge is 0.310 e. The number of aromatic nitrogens is 2. The smallest absolute Gasteiger partial charge is 0.130 e. The van der Waals surface area contributed by atoms with Crippen molar-refractivity contribution < 1.29 is 4.39 Å². The van der Waals surface area contributed by atoms with E-state index in [1.807, 2.05) is 24.3 Å². The minimum absolute atomic E-state index is 0.170. The minimum atomic E-state index is -0.266. The molecule has 0 saturated carbocycles. The standard InChI is InChI=1S/C16H12ClFN2S/c1-9-15-19-12-7-2-3-8-13(12)20(15)16(21-9)14-10(17)5-4-6-11(14)18/h2-9,16H,1H3/t9-,16-/m1/s1. The highest BCUT2D eigenvalue weighted by Gasteiger charge is 2.35. The second kappa shape index (κ2) is 4.75. The van der Waals surface area contributed by atoms with Gasteiger partial charge in [-0.25, -0.2) is 9.37 Å². The van der Waals surface area contributed by atoms with Gasteiger partial charge >= 0.3 is 0 Å². The summed E-state index contributed by atoms with van der Waals surface area (Å²) in [6.07, 6.45) is 0. The maximum Gasteiger partial charge on any atom is 0.130 e. The first kappa shape index (κ1) is 13.2. The van der Waals surface area contributed by atoms with E-state index in [2.05, 4.69) is 16.5 Å². The first-order valence-electron chi connectivity index (χ1n) is 6.73. The monoisotopic (exact) mass is 318 g/mol. The molecule has 1 aliphatic rings. The molecule has 106 valence electrons. The number of hydrogen-bond donors (Lipinski definition) is 0. The molecule has 1 aromatic heterocycles. The van der Waals surface area contributed by atoms with Gasteiger partial charge in [-0.2, -0.15) is 0 Å². The highest BCUT2D eigenvalue weighted by Crippen LogP contribution is 2.51. The number of halogens is 2. The molecule has 0 fully saturated rings. The van der Waals surface area contributed by atoms with Crippen LogP contribution in [0.3, 0.4) is 0 Å². The topological polar surface area (TPSA) is 17.8 Å². The lowest BCUT2D eigenvalue weighted by molar-refractivity contribution is 0.599. The number of rotatable bonds is 1. The van der Waals surface area contributed by atoms with E-state index >= 15 is 0 Å². The number of benzene rings is 2. The minimum Gasteiger partial charge on any atom is -0.310 e. The summed E-state index contributed by atoms with van der Waals surface area (Å²) in [5.41, 5.74) is 2.50. The van der Waals surface area contributed by atoms with Crippen LogP contribution in [0.1, 0.15) is 28.9 Å². The molecular weight excluding hydrogens is 307 g/mol. The van der Waals surface area contributed by atoms with E-state index < -0.39 is 0 Å². The van der Waals surface area contributed by atoms with E-state index in [1.165, 1.54) is 6.07 Å². The molecule has 0 unspecified atom stereocenters. The molecular formula is C16H12ClFN2S. The van der Waals surface area contributed by atoms with Crippen LogP contribution in [0.2, 0.25) is 5.02 Å². The van der Waals surface area contributed by atoms with Gasteiger partial charge in [0.1, 0.15) is 17.0 Å². The first-order valence-corrected chi connectivity index (χ1v) is 8.05. The van der Waals surface area contributed by atoms with Gasteiger partial charge in [-0.05, 0) is 31.2 Å². The Morgan fingerprint density at radius 2 is 2.00 bits per heavy atom. The molecule has 0 radical (unpaired) electrons. The van der Waals surface area contributed by atoms with Gasteiger partial charge in [-0.15, -0.1) is 11.8 Å². The summed E-state index contributed by atoms with van der Waals surface area (Å²) in [6.45, 7) is 2.09. The number of imidazole rings is 1. The zero-order valence-corrected chi connectivity index (χ0v) is 12.8. The third kappa shape index (κ3) is 1.89. The first-order chi connectivity index (χ1) is 10.2. The zero-order valence-electron chi connectivity index (χ0n) is 11.3. The molecule has 0 saturated heterocycles. The summed E-state index contributed by atoms with van der Waals surface area (Å²) >= 11 is 7.93. The molecule has 0 aliphatic carbocycles. The van der Waals surface area contributed by atoms with Gasteiger partial charge in [0.25, 0.3) is 0 Å². The second-order valence-electron chi connectivity index (χ2n) is 5.09. The van der Waals surface area contributed by atoms with Crippen molar-refractivity contribution in [3.05, 3.63) is 64.7 Å². The van der Waals surface area contributed by atoms with E-state index in [4.69, 9.17) is 11.6 Å². The third-order valence-corrected chi connectivity index (χ3v) is 5.45. The Labute approximate surface area is 130 Å². The van der Waals surface area contributed by atoms with Crippen LogP contribution in [0.5, 0.6) is 0 Å². The van der Waals surface area contributed by atoms with Gasteiger partial charge in [0, 0.05) is 10.6 Å². The molecule has 0 amide bonds. The number of nitrogens with zero attached hydrogens (tertiary/aromatic N) is 2. The predicted octanol–water partition coefficient (Wildman–Crippen LogP) is 5.18. The van der Waals surface area contributed by atoms with Gasteiger partial charge in [-0.3, -0.25) is 0 Å². The highest BCUT2D eigenvalue weighted by atomic mass is 35.5. The van der Waals surface area contributed by atoms with Crippen molar-refractivity contribution in [1.29, 1.82) is 0 Å². The SMILES string of the molecule is C[C@H]1S[C@H](c2c(F)cccc2Cl)n2c1nc1ccccc12. The van der Waals surface area contributed by atoms with Crippen molar-refractivity contribution in [3.8, 4) is 0 Å². The van der Waals surface area contributed by atoms with Crippen molar-refractivity contribution in [2.24, 2.45) is 0 Å². The van der Waals surface area contributed by atoms with Crippen LogP contribution in [0, 0.1) is 5.82 Å². The van der Waals surface area contributed by atoms with Crippen LogP contribution >= 0.6 is 23.4 Å². The van der Waals surface area contributed by atoms with Crippen molar-refractivity contribution in [2.45, 2.75) is 17.5 Å². The Hall–Kier alpha value is -1.52. The molecule has 21 heavy (non-hydrogen) atoms. The summed E-state index contributed by atoms with van der Waals surface area (Å²) in [6, 6.07) is 12.8. The number of thioether (sulfide) groups is 1. The number of fused-ring (bicyclic) bond motifs is 3. The summed E-state index contributed by atoms with van der Waals surface area (Å²) in [5.74, 6) is 0.711. The van der Waals surface area contributed by atoms with Crippen LogP contribution in [0.4, 0.5) is 4.39 Å². The molecule has 2 nitrogen and oxygen atoms in total. The molecule has 2 aromatic carbocycles. The van der Waals surface area contributed by atoms with E-state index in [-0.39, 0.29) is 16.4 Å². The molecule has 5 heteroatoms. The molecule has 2 heterocycles. The normalized spacial score (nSPS) is 20.9. The third-order valence-electron chi connectivity index (χ3n) is 3.80. The predicted molar refractivity (Wildman–Crippen MR) is 85.3 cm³/mol. The van der Waals surface area contributed by atoms with Crippen LogP contribution in [0.25, 0.3) is 11.0 Å². The van der Waals surface area contributed by atoms with E-state index in [0.29, 0.717) is 10.6 Å². The Morgan fingerprint density at radius 3 is 2.81 bits per heavy atom. The zero-order chi connectivity index (χ0) is 14.6. The fraction of sp³-hybridized carbons (Fsp3) is 0.188. The van der Waals surface area contributed by atoms with Crippen LogP contribution in [0.15, 0.2) is 42.5 Å². The number of hydrogen-bond acceptors (Lipinski definition) is 2. The summed E-state index contributed by atoms with van der Waals surface area (Å²) in [7, 11) is 0. The maximum absolute atomic E-state index is 14.3. The van der Waals surface area contributed by atoms with Gasteiger partial charge in [0.05, 0.1) is 16.3 Å². The fourth-order valence-electron chi connectivity index (χ4n) is 2.86. The molecule has 3 aromatic rings. The lowest BCUT2D eigenvalue weighted by Gasteiger charge is -2.16. The Bertz CT molecular complexity index is 825. The average molecular weight is 319 g/mol. The molecule has 2 atom stereocenters. The van der Waals surface area contributed by atoms with Crippen LogP contribution in [-0.2, 0) is 0 Å². The van der Waals surface area contributed by atoms with Gasteiger partial charge < -0.3 is 4.57 Å². The fourth-order valence-corrected chi connectivity index (χ4v) is 4.58. The van der Waals surface area contributed by atoms with Gasteiger partial charge in [0.15, 0.2) is 0 Å². The summed E-state index contributed by atoms with van der Waals surface area (Å²) in [4.78, 5) is 4.69. The molecule has 0 N–H and O–H groups in total. The van der Waals surface area contributed by atoms with E-state index in [9.17, 15) is 4.39 Å². The second-order valence-corrected chi connectivity index (χ2v) is 6.93. The van der Waals surface area contributed by atoms with Gasteiger partial charge in [0.2, 0.25) is 0 Å². The van der Waals surface area contributed by atoms with Crippen molar-refractivity contribution in [1.82, 2.24) is 9.55 Å². The Kier molecular flexibility index (Phi) is 2.98. The summed E-state index contributed by atoms with van der Waals surface area (Å²) in [5, 5.41) is 0.500. The highest BCUT2D eigenvalue weighted by molar-refractivity contribution is 8.00. The van der Waals surface area contributed by atoms with Crippen LogP contribution < -0.4 is 0 Å². The quantitative estimate of drug-likeness (QED) is 0.615. The van der Waals surface area contributed by atoms with Crippen LogP contribution in [-0.4, -0.2) is 9.55 Å².